The number of likely N-dealkylation sites (tertiary alicyclic amines) is 1. The minimum absolute atomic E-state index is 0. The molecular weight excluding hydrogens is 294 g/mol. The lowest BCUT2D eigenvalue weighted by Gasteiger charge is -2.37. The molecule has 1 aliphatic rings. The normalized spacial score (nSPS) is 21.0. The number of nitrogens with one attached hydrogen (secondary N) is 1. The van der Waals surface area contributed by atoms with Crippen molar-refractivity contribution < 1.29 is 4.79 Å². The fourth-order valence-corrected chi connectivity index (χ4v) is 3.29. The zero-order valence-corrected chi connectivity index (χ0v) is 13.5. The van der Waals surface area contributed by atoms with Gasteiger partial charge in [0, 0.05) is 17.0 Å². The summed E-state index contributed by atoms with van der Waals surface area (Å²) in [6.07, 6.45) is 3.50. The molecule has 1 amide bonds. The molecule has 1 aromatic rings. The Hall–Kier alpha value is -0.620. The van der Waals surface area contributed by atoms with Crippen molar-refractivity contribution in [3.8, 4) is 0 Å². The van der Waals surface area contributed by atoms with Crippen LogP contribution in [0.4, 0.5) is 0 Å². The van der Waals surface area contributed by atoms with Crippen LogP contribution in [0.1, 0.15) is 31.1 Å². The van der Waals surface area contributed by atoms with Crippen LogP contribution in [0.2, 0.25) is 0 Å². The molecule has 0 bridgehead atoms. The summed E-state index contributed by atoms with van der Waals surface area (Å²) in [6.45, 7) is 4.12. The van der Waals surface area contributed by atoms with E-state index in [1.165, 1.54) is 17.7 Å². The third-order valence-electron chi connectivity index (χ3n) is 3.66. The SMILES string of the molecule is CC(N)C1CCCCN1CC(=O)NCc1cccs1.Cl. The highest BCUT2D eigenvalue weighted by atomic mass is 35.5. The van der Waals surface area contributed by atoms with Crippen molar-refractivity contribution >= 4 is 29.7 Å². The van der Waals surface area contributed by atoms with Gasteiger partial charge in [-0.25, -0.2) is 0 Å². The van der Waals surface area contributed by atoms with E-state index in [1.807, 2.05) is 24.4 Å². The summed E-state index contributed by atoms with van der Waals surface area (Å²) >= 11 is 1.67. The van der Waals surface area contributed by atoms with E-state index in [4.69, 9.17) is 5.73 Å². The molecule has 0 spiro atoms. The molecule has 4 nitrogen and oxygen atoms in total. The van der Waals surface area contributed by atoms with Gasteiger partial charge in [-0.15, -0.1) is 23.7 Å². The van der Waals surface area contributed by atoms with Crippen molar-refractivity contribution in [1.82, 2.24) is 10.2 Å². The summed E-state index contributed by atoms with van der Waals surface area (Å²) in [4.78, 5) is 15.4. The van der Waals surface area contributed by atoms with Crippen LogP contribution in [0.25, 0.3) is 0 Å². The molecule has 1 aromatic heterocycles. The van der Waals surface area contributed by atoms with E-state index in [2.05, 4.69) is 10.2 Å². The van der Waals surface area contributed by atoms with Crippen LogP contribution in [-0.4, -0.2) is 36.0 Å². The summed E-state index contributed by atoms with van der Waals surface area (Å²) in [6, 6.07) is 4.52. The fraction of sp³-hybridized carbons (Fsp3) is 0.643. The van der Waals surface area contributed by atoms with E-state index >= 15 is 0 Å². The molecule has 3 N–H and O–H groups in total. The van der Waals surface area contributed by atoms with Crippen molar-refractivity contribution in [2.24, 2.45) is 5.73 Å². The van der Waals surface area contributed by atoms with Gasteiger partial charge in [0.1, 0.15) is 0 Å². The summed E-state index contributed by atoms with van der Waals surface area (Å²) in [5.74, 6) is 0.0981. The molecule has 2 heterocycles. The summed E-state index contributed by atoms with van der Waals surface area (Å²) < 4.78 is 0. The number of piperidine rings is 1. The first kappa shape index (κ1) is 17.4. The van der Waals surface area contributed by atoms with Gasteiger partial charge < -0.3 is 11.1 Å². The van der Waals surface area contributed by atoms with Gasteiger partial charge in [0.15, 0.2) is 0 Å². The lowest BCUT2D eigenvalue weighted by molar-refractivity contribution is -0.123. The summed E-state index contributed by atoms with van der Waals surface area (Å²) in [5, 5.41) is 5.01. The zero-order valence-electron chi connectivity index (χ0n) is 11.9. The highest BCUT2D eigenvalue weighted by Crippen LogP contribution is 2.18. The van der Waals surface area contributed by atoms with E-state index in [-0.39, 0.29) is 24.4 Å². The monoisotopic (exact) mass is 317 g/mol. The van der Waals surface area contributed by atoms with Gasteiger partial charge in [0.25, 0.3) is 0 Å². The van der Waals surface area contributed by atoms with E-state index in [0.29, 0.717) is 19.1 Å². The number of amides is 1. The first-order valence-electron chi connectivity index (χ1n) is 6.95. The van der Waals surface area contributed by atoms with Crippen molar-refractivity contribution in [1.29, 1.82) is 0 Å². The second-order valence-electron chi connectivity index (χ2n) is 5.25. The largest absolute Gasteiger partial charge is 0.350 e. The second-order valence-corrected chi connectivity index (χ2v) is 6.28. The summed E-state index contributed by atoms with van der Waals surface area (Å²) in [5.41, 5.74) is 6.01. The molecule has 0 saturated carbocycles. The summed E-state index contributed by atoms with van der Waals surface area (Å²) in [7, 11) is 0. The third kappa shape index (κ3) is 5.05. The van der Waals surface area contributed by atoms with E-state index in [0.717, 1.165) is 13.0 Å². The number of rotatable bonds is 5. The number of nitrogens with two attached hydrogens (primary N) is 1. The first-order chi connectivity index (χ1) is 9.16. The first-order valence-corrected chi connectivity index (χ1v) is 7.83. The van der Waals surface area contributed by atoms with Gasteiger partial charge in [0.05, 0.1) is 13.1 Å². The molecule has 1 fully saturated rings. The zero-order chi connectivity index (χ0) is 13.7. The lowest BCUT2D eigenvalue weighted by Crippen LogP contribution is -2.52. The topological polar surface area (TPSA) is 58.4 Å². The average Bonchev–Trinajstić information content (AvgIpc) is 2.90. The van der Waals surface area contributed by atoms with Crippen LogP contribution in [0.5, 0.6) is 0 Å². The maximum atomic E-state index is 12.0. The number of hydrogen-bond acceptors (Lipinski definition) is 4. The Morgan fingerprint density at radius 1 is 1.60 bits per heavy atom. The molecule has 0 aliphatic carbocycles. The van der Waals surface area contributed by atoms with Crippen molar-refractivity contribution in [3.63, 3.8) is 0 Å². The molecular formula is C14H24ClN3OS. The third-order valence-corrected chi connectivity index (χ3v) is 4.53. The van der Waals surface area contributed by atoms with Gasteiger partial charge in [0.2, 0.25) is 5.91 Å². The number of carbonyl (C=O) groups is 1. The van der Waals surface area contributed by atoms with Crippen molar-refractivity contribution in [2.45, 2.75) is 44.8 Å². The van der Waals surface area contributed by atoms with Crippen LogP contribution in [0, 0.1) is 0 Å². The van der Waals surface area contributed by atoms with Gasteiger partial charge in [-0.2, -0.15) is 0 Å². The Kier molecular flexibility index (Phi) is 7.51. The maximum Gasteiger partial charge on any atom is 0.234 e. The van der Waals surface area contributed by atoms with Crippen LogP contribution in [0.15, 0.2) is 17.5 Å². The molecule has 2 unspecified atom stereocenters. The Bertz CT molecular complexity index is 397. The molecule has 2 atom stereocenters. The number of hydrogen-bond donors (Lipinski definition) is 2. The Balaban J connectivity index is 0.00000200. The standard InChI is InChI=1S/C14H23N3OS.ClH/c1-11(15)13-6-2-3-7-17(13)10-14(18)16-9-12-5-4-8-19-12;/h4-5,8,11,13H,2-3,6-7,9-10,15H2,1H3,(H,16,18);1H. The number of halogens is 1. The number of thiophene rings is 1. The number of carbonyl (C=O) groups excluding carboxylic acids is 1. The van der Waals surface area contributed by atoms with E-state index in [9.17, 15) is 4.79 Å². The molecule has 0 aromatic carbocycles. The van der Waals surface area contributed by atoms with E-state index in [1.54, 1.807) is 11.3 Å². The van der Waals surface area contributed by atoms with Crippen LogP contribution in [-0.2, 0) is 11.3 Å². The Morgan fingerprint density at radius 3 is 3.05 bits per heavy atom. The predicted molar refractivity (Wildman–Crippen MR) is 86.3 cm³/mol. The number of nitrogens with zero attached hydrogens (tertiary/aromatic N) is 1. The highest BCUT2D eigenvalue weighted by Gasteiger charge is 2.26. The van der Waals surface area contributed by atoms with Crippen molar-refractivity contribution in [2.75, 3.05) is 13.1 Å². The minimum atomic E-state index is 0. The van der Waals surface area contributed by atoms with Crippen LogP contribution < -0.4 is 11.1 Å². The van der Waals surface area contributed by atoms with Gasteiger partial charge in [-0.1, -0.05) is 12.5 Å². The van der Waals surface area contributed by atoms with Crippen LogP contribution in [0.3, 0.4) is 0 Å². The molecule has 1 saturated heterocycles. The molecule has 1 aliphatic heterocycles. The van der Waals surface area contributed by atoms with Gasteiger partial charge in [-0.3, -0.25) is 9.69 Å². The quantitative estimate of drug-likeness (QED) is 0.873. The lowest BCUT2D eigenvalue weighted by atomic mass is 9.97. The second kappa shape index (κ2) is 8.62. The Morgan fingerprint density at radius 2 is 2.40 bits per heavy atom. The predicted octanol–water partition coefficient (Wildman–Crippen LogP) is 1.99. The van der Waals surface area contributed by atoms with Crippen molar-refractivity contribution in [3.05, 3.63) is 22.4 Å². The molecule has 20 heavy (non-hydrogen) atoms. The molecule has 6 heteroatoms. The van der Waals surface area contributed by atoms with Crippen LogP contribution >= 0.6 is 23.7 Å². The molecule has 114 valence electrons. The van der Waals surface area contributed by atoms with Gasteiger partial charge in [-0.05, 0) is 37.8 Å². The van der Waals surface area contributed by atoms with Gasteiger partial charge >= 0.3 is 0 Å². The minimum Gasteiger partial charge on any atom is -0.350 e. The Labute approximate surface area is 131 Å². The van der Waals surface area contributed by atoms with E-state index < -0.39 is 0 Å². The average molecular weight is 318 g/mol. The molecule has 0 radical (unpaired) electrons. The fourth-order valence-electron chi connectivity index (χ4n) is 2.65. The maximum absolute atomic E-state index is 12.0. The molecule has 2 rings (SSSR count). The smallest absolute Gasteiger partial charge is 0.234 e. The highest BCUT2D eigenvalue weighted by molar-refractivity contribution is 7.09.